The summed E-state index contributed by atoms with van der Waals surface area (Å²) in [5, 5.41) is 1.25. The summed E-state index contributed by atoms with van der Waals surface area (Å²) >= 11 is 0. The molecule has 2 nitrogen and oxygen atoms in total. The molecule has 0 spiro atoms. The lowest BCUT2D eigenvalue weighted by molar-refractivity contribution is 0.332. The second-order valence-electron chi connectivity index (χ2n) is 4.48. The Morgan fingerprint density at radius 1 is 1.06 bits per heavy atom. The Morgan fingerprint density at radius 3 is 2.75 bits per heavy atom. The van der Waals surface area contributed by atoms with Crippen LogP contribution in [0.5, 0.6) is 0 Å². The summed E-state index contributed by atoms with van der Waals surface area (Å²) in [6, 6.07) is 10.6. The average Bonchev–Trinajstić information content (AvgIpc) is 2.82. The normalized spacial score (nSPS) is 17.0. The molecular weight excluding hydrogens is 196 g/mol. The Balaban J connectivity index is 1.96. The van der Waals surface area contributed by atoms with Gasteiger partial charge in [0.15, 0.2) is 0 Å². The molecule has 16 heavy (non-hydrogen) atoms. The van der Waals surface area contributed by atoms with E-state index in [2.05, 4.69) is 34.1 Å². The maximum atomic E-state index is 4.50. The molecule has 1 aliphatic rings. The quantitative estimate of drug-likeness (QED) is 0.761. The molecule has 1 aromatic carbocycles. The SMILES string of the molecule is c1cnc2c(CN3CCCC3)cccc2c1. The van der Waals surface area contributed by atoms with Crippen LogP contribution in [0.25, 0.3) is 10.9 Å². The van der Waals surface area contributed by atoms with Crippen LogP contribution in [0.15, 0.2) is 36.5 Å². The molecule has 1 aliphatic heterocycles. The molecule has 0 unspecified atom stereocenters. The number of likely N-dealkylation sites (tertiary alicyclic amines) is 1. The van der Waals surface area contributed by atoms with Crippen LogP contribution in [0.3, 0.4) is 0 Å². The smallest absolute Gasteiger partial charge is 0.0746 e. The predicted octanol–water partition coefficient (Wildman–Crippen LogP) is 2.83. The molecule has 0 atom stereocenters. The second-order valence-corrected chi connectivity index (χ2v) is 4.48. The highest BCUT2D eigenvalue weighted by Crippen LogP contribution is 2.19. The van der Waals surface area contributed by atoms with Crippen LogP contribution >= 0.6 is 0 Å². The van der Waals surface area contributed by atoms with E-state index in [0.29, 0.717) is 0 Å². The fourth-order valence-electron chi connectivity index (χ4n) is 2.48. The zero-order chi connectivity index (χ0) is 10.8. The molecule has 1 aromatic heterocycles. The number of fused-ring (bicyclic) bond motifs is 1. The molecule has 2 aromatic rings. The Kier molecular flexibility index (Phi) is 2.58. The van der Waals surface area contributed by atoms with Gasteiger partial charge in [0.05, 0.1) is 5.52 Å². The minimum atomic E-state index is 1.05. The van der Waals surface area contributed by atoms with Gasteiger partial charge in [-0.3, -0.25) is 9.88 Å². The number of hydrogen-bond donors (Lipinski definition) is 0. The van der Waals surface area contributed by atoms with Gasteiger partial charge in [0, 0.05) is 18.1 Å². The second kappa shape index (κ2) is 4.22. The Labute approximate surface area is 95.9 Å². The van der Waals surface area contributed by atoms with Gasteiger partial charge in [-0.25, -0.2) is 0 Å². The van der Waals surface area contributed by atoms with E-state index in [-0.39, 0.29) is 0 Å². The fourth-order valence-corrected chi connectivity index (χ4v) is 2.48. The van der Waals surface area contributed by atoms with Crippen molar-refractivity contribution in [3.05, 3.63) is 42.1 Å². The fraction of sp³-hybridized carbons (Fsp3) is 0.357. The van der Waals surface area contributed by atoms with Crippen LogP contribution in [-0.4, -0.2) is 23.0 Å². The van der Waals surface area contributed by atoms with Crippen molar-refractivity contribution < 1.29 is 0 Å². The number of pyridine rings is 1. The van der Waals surface area contributed by atoms with E-state index in [9.17, 15) is 0 Å². The molecule has 1 fully saturated rings. The third-order valence-electron chi connectivity index (χ3n) is 3.31. The van der Waals surface area contributed by atoms with Gasteiger partial charge in [0.2, 0.25) is 0 Å². The molecule has 3 rings (SSSR count). The van der Waals surface area contributed by atoms with E-state index in [1.165, 1.54) is 36.9 Å². The zero-order valence-corrected chi connectivity index (χ0v) is 9.39. The standard InChI is InChI=1S/C14H16N2/c1-2-10-16(9-1)11-13-6-3-5-12-7-4-8-15-14(12)13/h3-8H,1-2,9-11H2. The predicted molar refractivity (Wildman–Crippen MR) is 66.3 cm³/mol. The summed E-state index contributed by atoms with van der Waals surface area (Å²) in [6.45, 7) is 3.53. The van der Waals surface area contributed by atoms with E-state index in [4.69, 9.17) is 0 Å². The van der Waals surface area contributed by atoms with Gasteiger partial charge < -0.3 is 0 Å². The molecule has 0 amide bonds. The van der Waals surface area contributed by atoms with Crippen molar-refractivity contribution in [3.63, 3.8) is 0 Å². The van der Waals surface area contributed by atoms with E-state index < -0.39 is 0 Å². The molecule has 2 heteroatoms. The highest BCUT2D eigenvalue weighted by molar-refractivity contribution is 5.81. The zero-order valence-electron chi connectivity index (χ0n) is 9.39. The van der Waals surface area contributed by atoms with Gasteiger partial charge in [-0.15, -0.1) is 0 Å². The van der Waals surface area contributed by atoms with Crippen molar-refractivity contribution in [2.45, 2.75) is 19.4 Å². The molecule has 2 heterocycles. The number of rotatable bonds is 2. The maximum absolute atomic E-state index is 4.50. The number of aromatic nitrogens is 1. The third-order valence-corrected chi connectivity index (χ3v) is 3.31. The Hall–Kier alpha value is -1.41. The van der Waals surface area contributed by atoms with Crippen LogP contribution in [0.4, 0.5) is 0 Å². The molecule has 1 saturated heterocycles. The van der Waals surface area contributed by atoms with Crippen molar-refractivity contribution in [3.8, 4) is 0 Å². The summed E-state index contributed by atoms with van der Waals surface area (Å²) in [6.07, 6.45) is 4.58. The summed E-state index contributed by atoms with van der Waals surface area (Å²) in [4.78, 5) is 7.01. The monoisotopic (exact) mass is 212 g/mol. The largest absolute Gasteiger partial charge is 0.299 e. The van der Waals surface area contributed by atoms with E-state index in [1.54, 1.807) is 0 Å². The first kappa shape index (κ1) is 9.79. The van der Waals surface area contributed by atoms with Gasteiger partial charge in [0.1, 0.15) is 0 Å². The lowest BCUT2D eigenvalue weighted by Gasteiger charge is -2.15. The minimum Gasteiger partial charge on any atom is -0.299 e. The maximum Gasteiger partial charge on any atom is 0.0746 e. The molecule has 0 bridgehead atoms. The number of nitrogens with zero attached hydrogens (tertiary/aromatic N) is 2. The van der Waals surface area contributed by atoms with E-state index >= 15 is 0 Å². The highest BCUT2D eigenvalue weighted by Gasteiger charge is 2.13. The van der Waals surface area contributed by atoms with Crippen molar-refractivity contribution in [1.82, 2.24) is 9.88 Å². The van der Waals surface area contributed by atoms with Gasteiger partial charge >= 0.3 is 0 Å². The van der Waals surface area contributed by atoms with Crippen LogP contribution in [-0.2, 0) is 6.54 Å². The average molecular weight is 212 g/mol. The van der Waals surface area contributed by atoms with Crippen LogP contribution in [0, 0.1) is 0 Å². The number of para-hydroxylation sites is 1. The third kappa shape index (κ3) is 1.81. The first-order valence-corrected chi connectivity index (χ1v) is 5.98. The van der Waals surface area contributed by atoms with Gasteiger partial charge in [-0.2, -0.15) is 0 Å². The van der Waals surface area contributed by atoms with Crippen molar-refractivity contribution in [2.24, 2.45) is 0 Å². The molecule has 82 valence electrons. The van der Waals surface area contributed by atoms with Crippen LogP contribution < -0.4 is 0 Å². The molecular formula is C14H16N2. The lowest BCUT2D eigenvalue weighted by atomic mass is 10.1. The summed E-state index contributed by atoms with van der Waals surface area (Å²) in [5.41, 5.74) is 2.52. The van der Waals surface area contributed by atoms with Gasteiger partial charge in [-0.1, -0.05) is 24.3 Å². The Morgan fingerprint density at radius 2 is 1.88 bits per heavy atom. The van der Waals surface area contributed by atoms with E-state index in [0.717, 1.165) is 12.1 Å². The summed E-state index contributed by atoms with van der Waals surface area (Å²) < 4.78 is 0. The highest BCUT2D eigenvalue weighted by atomic mass is 15.1. The lowest BCUT2D eigenvalue weighted by Crippen LogP contribution is -2.18. The van der Waals surface area contributed by atoms with Crippen LogP contribution in [0.1, 0.15) is 18.4 Å². The minimum absolute atomic E-state index is 1.05. The van der Waals surface area contributed by atoms with Gasteiger partial charge in [-0.05, 0) is 37.6 Å². The van der Waals surface area contributed by atoms with Gasteiger partial charge in [0.25, 0.3) is 0 Å². The van der Waals surface area contributed by atoms with Crippen molar-refractivity contribution in [2.75, 3.05) is 13.1 Å². The first-order chi connectivity index (χ1) is 7.93. The first-order valence-electron chi connectivity index (χ1n) is 5.98. The molecule has 0 N–H and O–H groups in total. The molecule has 0 saturated carbocycles. The number of hydrogen-bond acceptors (Lipinski definition) is 2. The van der Waals surface area contributed by atoms with E-state index in [1.807, 2.05) is 12.3 Å². The van der Waals surface area contributed by atoms with Crippen LogP contribution in [0.2, 0.25) is 0 Å². The Bertz CT molecular complexity index is 482. The summed E-state index contributed by atoms with van der Waals surface area (Å²) in [7, 11) is 0. The van der Waals surface area contributed by atoms with Crippen molar-refractivity contribution >= 4 is 10.9 Å². The molecule has 0 radical (unpaired) electrons. The topological polar surface area (TPSA) is 16.1 Å². The number of benzene rings is 1. The summed E-state index contributed by atoms with van der Waals surface area (Å²) in [5.74, 6) is 0. The molecule has 0 aliphatic carbocycles. The van der Waals surface area contributed by atoms with Crippen molar-refractivity contribution in [1.29, 1.82) is 0 Å².